The second-order valence-corrected chi connectivity index (χ2v) is 5.23. The molecule has 0 aliphatic carbocycles. The van der Waals surface area contributed by atoms with Gasteiger partial charge in [0.15, 0.2) is 0 Å². The largest absolute Gasteiger partial charge is 0.315 e. The molecule has 1 heterocycles. The van der Waals surface area contributed by atoms with Crippen LogP contribution in [0, 0.1) is 5.92 Å². The molecule has 2 unspecified atom stereocenters. The monoisotopic (exact) mass is 213 g/mol. The molecule has 0 bridgehead atoms. The molecule has 1 N–H and O–H groups in total. The first kappa shape index (κ1) is 12.9. The number of hydrogen-bond acceptors (Lipinski definition) is 3. The third kappa shape index (κ3) is 3.74. The van der Waals surface area contributed by atoms with Gasteiger partial charge in [-0.05, 0) is 26.9 Å². The molecule has 1 saturated heterocycles. The molecule has 1 aliphatic heterocycles. The fraction of sp³-hybridized carbons (Fsp3) is 1.00. The van der Waals surface area contributed by atoms with E-state index in [1.54, 1.807) is 0 Å². The molecule has 3 heteroatoms. The van der Waals surface area contributed by atoms with Gasteiger partial charge < -0.3 is 10.2 Å². The zero-order chi connectivity index (χ0) is 11.4. The highest BCUT2D eigenvalue weighted by Gasteiger charge is 2.23. The van der Waals surface area contributed by atoms with Crippen LogP contribution in [0.4, 0.5) is 0 Å². The van der Waals surface area contributed by atoms with Crippen molar-refractivity contribution in [3.8, 4) is 0 Å². The van der Waals surface area contributed by atoms with Gasteiger partial charge in [-0.3, -0.25) is 4.90 Å². The van der Waals surface area contributed by atoms with Crippen LogP contribution >= 0.6 is 0 Å². The zero-order valence-corrected chi connectivity index (χ0v) is 11.0. The lowest BCUT2D eigenvalue weighted by Crippen LogP contribution is -2.53. The number of nitrogens with one attached hydrogen (secondary N) is 1. The molecule has 0 radical (unpaired) electrons. The lowest BCUT2D eigenvalue weighted by atomic mass is 10.0. The second-order valence-electron chi connectivity index (χ2n) is 5.23. The highest BCUT2D eigenvalue weighted by molar-refractivity contribution is 4.81. The van der Waals surface area contributed by atoms with Crippen LogP contribution in [0.25, 0.3) is 0 Å². The van der Waals surface area contributed by atoms with E-state index in [0.717, 1.165) is 0 Å². The van der Waals surface area contributed by atoms with Crippen molar-refractivity contribution in [1.29, 1.82) is 0 Å². The highest BCUT2D eigenvalue weighted by atomic mass is 15.3. The third-order valence-electron chi connectivity index (χ3n) is 3.67. The first-order valence-electron chi connectivity index (χ1n) is 6.14. The Balaban J connectivity index is 2.38. The Labute approximate surface area is 94.8 Å². The van der Waals surface area contributed by atoms with Gasteiger partial charge >= 0.3 is 0 Å². The van der Waals surface area contributed by atoms with Crippen LogP contribution in [0.15, 0.2) is 0 Å². The minimum atomic E-state index is 0.626. The van der Waals surface area contributed by atoms with Crippen molar-refractivity contribution in [3.63, 3.8) is 0 Å². The topological polar surface area (TPSA) is 18.5 Å². The smallest absolute Gasteiger partial charge is 0.0214 e. The summed E-state index contributed by atoms with van der Waals surface area (Å²) in [5.74, 6) is 0.713. The first-order chi connectivity index (χ1) is 7.04. The van der Waals surface area contributed by atoms with Crippen molar-refractivity contribution in [2.45, 2.75) is 32.9 Å². The minimum Gasteiger partial charge on any atom is -0.315 e. The van der Waals surface area contributed by atoms with Gasteiger partial charge in [-0.15, -0.1) is 0 Å². The van der Waals surface area contributed by atoms with E-state index in [0.29, 0.717) is 18.0 Å². The van der Waals surface area contributed by atoms with Gasteiger partial charge in [0, 0.05) is 38.3 Å². The quantitative estimate of drug-likeness (QED) is 0.747. The number of nitrogens with zero attached hydrogens (tertiary/aromatic N) is 2. The van der Waals surface area contributed by atoms with Crippen LogP contribution < -0.4 is 5.32 Å². The molecule has 2 atom stereocenters. The summed E-state index contributed by atoms with van der Waals surface area (Å²) in [4.78, 5) is 5.03. The Morgan fingerprint density at radius 1 is 1.33 bits per heavy atom. The summed E-state index contributed by atoms with van der Waals surface area (Å²) < 4.78 is 0. The van der Waals surface area contributed by atoms with Gasteiger partial charge in [0.1, 0.15) is 0 Å². The Morgan fingerprint density at radius 2 is 2.00 bits per heavy atom. The Kier molecular flexibility index (Phi) is 5.03. The predicted octanol–water partition coefficient (Wildman–Crippen LogP) is 0.866. The number of hydrogen-bond donors (Lipinski definition) is 1. The molecule has 90 valence electrons. The van der Waals surface area contributed by atoms with Gasteiger partial charge in [0.05, 0.1) is 0 Å². The Bertz CT molecular complexity index is 182. The molecule has 0 saturated carbocycles. The van der Waals surface area contributed by atoms with Gasteiger partial charge in [0.25, 0.3) is 0 Å². The van der Waals surface area contributed by atoms with Crippen molar-refractivity contribution in [2.75, 3.05) is 40.3 Å². The van der Waals surface area contributed by atoms with Crippen LogP contribution in [0.3, 0.4) is 0 Å². The highest BCUT2D eigenvalue weighted by Crippen LogP contribution is 2.10. The van der Waals surface area contributed by atoms with Crippen LogP contribution in [-0.4, -0.2) is 62.2 Å². The summed E-state index contributed by atoms with van der Waals surface area (Å²) in [7, 11) is 4.30. The molecule has 1 aliphatic rings. The van der Waals surface area contributed by atoms with E-state index in [1.807, 2.05) is 0 Å². The molecule has 0 amide bonds. The third-order valence-corrected chi connectivity index (χ3v) is 3.67. The van der Waals surface area contributed by atoms with E-state index < -0.39 is 0 Å². The van der Waals surface area contributed by atoms with Crippen LogP contribution in [0.5, 0.6) is 0 Å². The average molecular weight is 213 g/mol. The molecular formula is C12H27N3. The van der Waals surface area contributed by atoms with Gasteiger partial charge in [0.2, 0.25) is 0 Å². The maximum atomic E-state index is 3.42. The van der Waals surface area contributed by atoms with E-state index in [2.05, 4.69) is 50.0 Å². The molecule has 3 nitrogen and oxygen atoms in total. The summed E-state index contributed by atoms with van der Waals surface area (Å²) in [6.45, 7) is 11.7. The summed E-state index contributed by atoms with van der Waals surface area (Å²) in [5.41, 5.74) is 0. The van der Waals surface area contributed by atoms with Crippen molar-refractivity contribution >= 4 is 0 Å². The standard InChI is InChI=1S/C12H27N3/c1-10(2)12(13-4)9-15-7-6-14(5)11(3)8-15/h10-13H,6-9H2,1-5H3. The molecule has 0 aromatic carbocycles. The normalized spacial score (nSPS) is 27.2. The summed E-state index contributed by atoms with van der Waals surface area (Å²) >= 11 is 0. The fourth-order valence-electron chi connectivity index (χ4n) is 2.20. The molecule has 0 aromatic heterocycles. The predicted molar refractivity (Wildman–Crippen MR) is 66.2 cm³/mol. The van der Waals surface area contributed by atoms with Crippen molar-refractivity contribution in [1.82, 2.24) is 15.1 Å². The van der Waals surface area contributed by atoms with Gasteiger partial charge in [-0.2, -0.15) is 0 Å². The lowest BCUT2D eigenvalue weighted by Gasteiger charge is -2.39. The van der Waals surface area contributed by atoms with Crippen LogP contribution in [0.2, 0.25) is 0 Å². The molecular weight excluding hydrogens is 186 g/mol. The van der Waals surface area contributed by atoms with Crippen molar-refractivity contribution < 1.29 is 0 Å². The lowest BCUT2D eigenvalue weighted by molar-refractivity contribution is 0.0927. The maximum absolute atomic E-state index is 3.42. The molecule has 1 fully saturated rings. The minimum absolute atomic E-state index is 0.626. The molecule has 0 spiro atoms. The molecule has 15 heavy (non-hydrogen) atoms. The summed E-state index contributed by atoms with van der Waals surface area (Å²) in [6.07, 6.45) is 0. The number of rotatable bonds is 4. The Morgan fingerprint density at radius 3 is 2.47 bits per heavy atom. The van der Waals surface area contributed by atoms with E-state index in [4.69, 9.17) is 0 Å². The van der Waals surface area contributed by atoms with Crippen LogP contribution in [-0.2, 0) is 0 Å². The molecule has 0 aromatic rings. The van der Waals surface area contributed by atoms with Crippen molar-refractivity contribution in [3.05, 3.63) is 0 Å². The van der Waals surface area contributed by atoms with E-state index in [1.165, 1.54) is 26.2 Å². The van der Waals surface area contributed by atoms with Gasteiger partial charge in [-0.25, -0.2) is 0 Å². The zero-order valence-electron chi connectivity index (χ0n) is 11.0. The average Bonchev–Trinajstić information content (AvgIpc) is 2.19. The second kappa shape index (κ2) is 5.83. The van der Waals surface area contributed by atoms with E-state index in [9.17, 15) is 0 Å². The number of likely N-dealkylation sites (N-methyl/N-ethyl adjacent to an activating group) is 2. The molecule has 1 rings (SSSR count). The maximum Gasteiger partial charge on any atom is 0.0214 e. The fourth-order valence-corrected chi connectivity index (χ4v) is 2.20. The van der Waals surface area contributed by atoms with E-state index in [-0.39, 0.29) is 0 Å². The SMILES string of the molecule is CNC(CN1CCN(C)C(C)C1)C(C)C. The van der Waals surface area contributed by atoms with Crippen LogP contribution in [0.1, 0.15) is 20.8 Å². The van der Waals surface area contributed by atoms with Gasteiger partial charge in [-0.1, -0.05) is 13.8 Å². The Hall–Kier alpha value is -0.120. The van der Waals surface area contributed by atoms with Crippen molar-refractivity contribution in [2.24, 2.45) is 5.92 Å². The number of piperazine rings is 1. The summed E-state index contributed by atoms with van der Waals surface area (Å²) in [5, 5.41) is 3.42. The first-order valence-corrected chi connectivity index (χ1v) is 6.14. The summed E-state index contributed by atoms with van der Waals surface area (Å²) in [6, 6.07) is 1.32. The van der Waals surface area contributed by atoms with E-state index >= 15 is 0 Å².